The lowest BCUT2D eigenvalue weighted by Gasteiger charge is -2.26. The molecule has 0 aliphatic rings. The maximum atomic E-state index is 13.1. The number of methoxy groups -OCH3 is 1. The van der Waals surface area contributed by atoms with E-state index in [-0.39, 0.29) is 29.0 Å². The van der Waals surface area contributed by atoms with Crippen molar-refractivity contribution in [2.75, 3.05) is 13.9 Å². The summed E-state index contributed by atoms with van der Waals surface area (Å²) in [7, 11) is 1.40. The largest absolute Gasteiger partial charge is 0.493 e. The molecule has 0 radical (unpaired) electrons. The molecule has 3 aromatic rings. The van der Waals surface area contributed by atoms with E-state index in [0.29, 0.717) is 0 Å². The fourth-order valence-corrected chi connectivity index (χ4v) is 3.94. The SMILES string of the molecule is COc1ccnc(C(=O)NC(C)C(=O)OC(C)C(c2ccccc2)c2ccccc2)c1OCOC(=O)C(C)C. The first-order valence-electron chi connectivity index (χ1n) is 12.7. The van der Waals surface area contributed by atoms with Crippen molar-refractivity contribution in [3.05, 3.63) is 89.7 Å². The zero-order valence-corrected chi connectivity index (χ0v) is 22.7. The minimum Gasteiger partial charge on any atom is -0.493 e. The van der Waals surface area contributed by atoms with E-state index < -0.39 is 36.8 Å². The number of rotatable bonds is 12. The molecule has 0 fully saturated rings. The van der Waals surface area contributed by atoms with Gasteiger partial charge >= 0.3 is 11.9 Å². The number of nitrogens with one attached hydrogen (secondary N) is 1. The van der Waals surface area contributed by atoms with Crippen molar-refractivity contribution >= 4 is 17.8 Å². The van der Waals surface area contributed by atoms with Crippen LogP contribution in [0.3, 0.4) is 0 Å². The molecule has 3 rings (SSSR count). The molecule has 1 heterocycles. The summed E-state index contributed by atoms with van der Waals surface area (Å²) in [4.78, 5) is 42.0. The van der Waals surface area contributed by atoms with Crippen LogP contribution in [0.5, 0.6) is 11.5 Å². The van der Waals surface area contributed by atoms with E-state index >= 15 is 0 Å². The van der Waals surface area contributed by atoms with Crippen molar-refractivity contribution in [3.8, 4) is 11.5 Å². The number of benzene rings is 2. The summed E-state index contributed by atoms with van der Waals surface area (Å²) in [5.41, 5.74) is 1.87. The van der Waals surface area contributed by atoms with Gasteiger partial charge in [-0.05, 0) is 25.0 Å². The summed E-state index contributed by atoms with van der Waals surface area (Å²) in [5.74, 6) is -2.09. The summed E-state index contributed by atoms with van der Waals surface area (Å²) >= 11 is 0. The van der Waals surface area contributed by atoms with Crippen LogP contribution in [-0.4, -0.2) is 48.9 Å². The number of nitrogens with zero attached hydrogens (tertiary/aromatic N) is 1. The molecule has 9 heteroatoms. The second-order valence-electron chi connectivity index (χ2n) is 9.21. The van der Waals surface area contributed by atoms with Gasteiger partial charge in [0.15, 0.2) is 17.2 Å². The van der Waals surface area contributed by atoms with Gasteiger partial charge in [-0.25, -0.2) is 9.78 Å². The Morgan fingerprint density at radius 2 is 1.44 bits per heavy atom. The van der Waals surface area contributed by atoms with Crippen molar-refractivity contribution in [2.45, 2.75) is 45.8 Å². The van der Waals surface area contributed by atoms with Gasteiger partial charge < -0.3 is 24.3 Å². The first-order chi connectivity index (χ1) is 18.7. The maximum Gasteiger partial charge on any atom is 0.328 e. The van der Waals surface area contributed by atoms with E-state index in [1.54, 1.807) is 13.8 Å². The highest BCUT2D eigenvalue weighted by Gasteiger charge is 2.29. The standard InChI is InChI=1S/C30H34N2O7/c1-19(2)29(34)38-18-37-27-24(36-5)16-17-31-26(27)28(33)32-20(3)30(35)39-21(4)25(22-12-8-6-9-13-22)23-14-10-7-11-15-23/h6-17,19-21,25H,18H2,1-5H3,(H,32,33). The summed E-state index contributed by atoms with van der Waals surface area (Å²) in [6.07, 6.45) is 0.849. The van der Waals surface area contributed by atoms with E-state index in [9.17, 15) is 14.4 Å². The lowest BCUT2D eigenvalue weighted by Crippen LogP contribution is -2.41. The first-order valence-corrected chi connectivity index (χ1v) is 12.7. The van der Waals surface area contributed by atoms with Gasteiger partial charge in [0, 0.05) is 18.2 Å². The number of amides is 1. The van der Waals surface area contributed by atoms with Crippen molar-refractivity contribution in [3.63, 3.8) is 0 Å². The Kier molecular flexibility index (Phi) is 10.4. The van der Waals surface area contributed by atoms with Crippen LogP contribution in [0.25, 0.3) is 0 Å². The van der Waals surface area contributed by atoms with Gasteiger partial charge in [0.05, 0.1) is 13.0 Å². The predicted octanol–water partition coefficient (Wildman–Crippen LogP) is 4.51. The molecule has 2 aromatic carbocycles. The summed E-state index contributed by atoms with van der Waals surface area (Å²) in [6.45, 7) is 6.29. The van der Waals surface area contributed by atoms with Crippen LogP contribution in [0.15, 0.2) is 72.9 Å². The Morgan fingerprint density at radius 1 is 0.846 bits per heavy atom. The van der Waals surface area contributed by atoms with Crippen molar-refractivity contribution in [1.82, 2.24) is 10.3 Å². The smallest absolute Gasteiger partial charge is 0.328 e. The normalized spacial score (nSPS) is 12.4. The number of carbonyl (C=O) groups is 3. The highest BCUT2D eigenvalue weighted by Crippen LogP contribution is 2.31. The Hall–Kier alpha value is -4.40. The number of esters is 2. The average molecular weight is 535 g/mol. The lowest BCUT2D eigenvalue weighted by molar-refractivity contribution is -0.154. The fourth-order valence-electron chi connectivity index (χ4n) is 3.94. The van der Waals surface area contributed by atoms with Crippen LogP contribution < -0.4 is 14.8 Å². The third-order valence-corrected chi connectivity index (χ3v) is 5.97. The molecule has 2 unspecified atom stereocenters. The van der Waals surface area contributed by atoms with E-state index in [2.05, 4.69) is 10.3 Å². The zero-order valence-electron chi connectivity index (χ0n) is 22.7. The molecule has 1 N–H and O–H groups in total. The quantitative estimate of drug-likeness (QED) is 0.267. The molecule has 9 nitrogen and oxygen atoms in total. The van der Waals surface area contributed by atoms with Gasteiger partial charge in [0.25, 0.3) is 5.91 Å². The minimum atomic E-state index is -0.994. The second-order valence-corrected chi connectivity index (χ2v) is 9.21. The van der Waals surface area contributed by atoms with E-state index in [1.165, 1.54) is 26.3 Å². The molecule has 0 bridgehead atoms. The molecule has 0 saturated carbocycles. The molecular weight excluding hydrogens is 500 g/mol. The van der Waals surface area contributed by atoms with E-state index in [0.717, 1.165) is 11.1 Å². The number of hydrogen-bond acceptors (Lipinski definition) is 8. The molecule has 0 spiro atoms. The number of hydrogen-bond donors (Lipinski definition) is 1. The summed E-state index contributed by atoms with van der Waals surface area (Å²) < 4.78 is 21.7. The highest BCUT2D eigenvalue weighted by molar-refractivity contribution is 5.98. The maximum absolute atomic E-state index is 13.1. The third-order valence-electron chi connectivity index (χ3n) is 5.97. The van der Waals surface area contributed by atoms with Crippen molar-refractivity contribution in [2.24, 2.45) is 5.92 Å². The summed E-state index contributed by atoms with van der Waals surface area (Å²) in [5, 5.41) is 2.61. The van der Waals surface area contributed by atoms with Gasteiger partial charge in [-0.2, -0.15) is 0 Å². The number of carbonyl (C=O) groups excluding carboxylic acids is 3. The molecule has 2 atom stereocenters. The van der Waals surface area contributed by atoms with E-state index in [1.807, 2.05) is 67.6 Å². The average Bonchev–Trinajstić information content (AvgIpc) is 2.94. The van der Waals surface area contributed by atoms with Gasteiger partial charge in [-0.3, -0.25) is 9.59 Å². The Morgan fingerprint density at radius 3 is 1.97 bits per heavy atom. The van der Waals surface area contributed by atoms with E-state index in [4.69, 9.17) is 18.9 Å². The Balaban J connectivity index is 1.71. The molecule has 1 amide bonds. The highest BCUT2D eigenvalue weighted by atomic mass is 16.7. The molecule has 206 valence electrons. The van der Waals surface area contributed by atoms with Crippen molar-refractivity contribution < 1.29 is 33.3 Å². The first kappa shape index (κ1) is 29.2. The van der Waals surface area contributed by atoms with Crippen molar-refractivity contribution in [1.29, 1.82) is 0 Å². The number of aromatic nitrogens is 1. The van der Waals surface area contributed by atoms with Crippen LogP contribution >= 0.6 is 0 Å². The molecular formula is C30H34N2O7. The number of pyridine rings is 1. The van der Waals surface area contributed by atoms with Crippen LogP contribution in [0, 0.1) is 5.92 Å². The summed E-state index contributed by atoms with van der Waals surface area (Å²) in [6, 6.07) is 20.1. The Labute approximate surface area is 228 Å². The van der Waals surface area contributed by atoms with Crippen LogP contribution in [0.4, 0.5) is 0 Å². The molecule has 0 aliphatic carbocycles. The van der Waals surface area contributed by atoms with Gasteiger partial charge in [0.1, 0.15) is 12.1 Å². The molecule has 0 aliphatic heterocycles. The molecule has 0 saturated heterocycles. The van der Waals surface area contributed by atoms with Gasteiger partial charge in [-0.15, -0.1) is 0 Å². The second kappa shape index (κ2) is 13.9. The number of ether oxygens (including phenoxy) is 4. The van der Waals surface area contributed by atoms with Gasteiger partial charge in [-0.1, -0.05) is 74.5 Å². The van der Waals surface area contributed by atoms with Gasteiger partial charge in [0.2, 0.25) is 6.79 Å². The zero-order chi connectivity index (χ0) is 28.4. The monoisotopic (exact) mass is 534 g/mol. The predicted molar refractivity (Wildman–Crippen MR) is 144 cm³/mol. The minimum absolute atomic E-state index is 0.0174. The van der Waals surface area contributed by atoms with Crippen LogP contribution in [0.2, 0.25) is 0 Å². The molecule has 39 heavy (non-hydrogen) atoms. The fraction of sp³-hybridized carbons (Fsp3) is 0.333. The van der Waals surface area contributed by atoms with Crippen LogP contribution in [0.1, 0.15) is 55.2 Å². The Bertz CT molecular complexity index is 1210. The molecule has 1 aromatic heterocycles. The topological polar surface area (TPSA) is 113 Å². The third kappa shape index (κ3) is 7.80. The van der Waals surface area contributed by atoms with Crippen LogP contribution in [-0.2, 0) is 19.1 Å². The lowest BCUT2D eigenvalue weighted by atomic mass is 9.87.